The average Bonchev–Trinajstić information content (AvgIpc) is 3.26. The first kappa shape index (κ1) is 31.0. The molecule has 6 rings (SSSR count). The number of hydrogen-bond acceptors (Lipinski definition) is 5. The molecule has 4 heterocycles. The van der Waals surface area contributed by atoms with Crippen LogP contribution in [0.25, 0.3) is 15.9 Å². The van der Waals surface area contributed by atoms with Crippen LogP contribution < -0.4 is 4.90 Å². The van der Waals surface area contributed by atoms with Gasteiger partial charge in [0, 0.05) is 56.4 Å². The molecule has 3 aromatic rings. The molecule has 2 atom stereocenters. The predicted molar refractivity (Wildman–Crippen MR) is 191 cm³/mol. The van der Waals surface area contributed by atoms with Gasteiger partial charge in [0.05, 0.1) is 28.1 Å². The molecule has 1 aromatic carbocycles. The summed E-state index contributed by atoms with van der Waals surface area (Å²) in [6.07, 6.45) is 6.92. The van der Waals surface area contributed by atoms with E-state index in [0.29, 0.717) is 12.0 Å². The first-order chi connectivity index (χ1) is 21.0. The first-order valence-electron chi connectivity index (χ1n) is 16.8. The molecular weight excluding hydrogens is 559 g/mol. The lowest BCUT2D eigenvalue weighted by molar-refractivity contribution is 0.130. The second-order valence-electron chi connectivity index (χ2n) is 14.9. The maximum atomic E-state index is 4.57. The predicted octanol–water partition coefficient (Wildman–Crippen LogP) is 9.13. The number of aromatic nitrogens is 1. The molecule has 0 amide bonds. The Hall–Kier alpha value is -2.99. The van der Waals surface area contributed by atoms with Crippen LogP contribution in [0.3, 0.4) is 0 Å². The zero-order valence-electron chi connectivity index (χ0n) is 28.1. The maximum absolute atomic E-state index is 4.57. The molecule has 2 aromatic heterocycles. The lowest BCUT2D eigenvalue weighted by Gasteiger charge is -2.43. The van der Waals surface area contributed by atoms with Gasteiger partial charge < -0.3 is 19.3 Å². The van der Waals surface area contributed by atoms with Gasteiger partial charge >= 0.3 is 0 Å². The van der Waals surface area contributed by atoms with Crippen molar-refractivity contribution in [2.75, 3.05) is 31.6 Å². The molecule has 236 valence electrons. The van der Waals surface area contributed by atoms with Crippen molar-refractivity contribution in [3.63, 3.8) is 0 Å². The summed E-state index contributed by atoms with van der Waals surface area (Å²) >= 11 is 1.91. The number of hydrogen-bond donors (Lipinski definition) is 0. The van der Waals surface area contributed by atoms with Crippen LogP contribution in [0, 0.1) is 17.3 Å². The molecule has 3 fully saturated rings. The Morgan fingerprint density at radius 3 is 2.50 bits per heavy atom. The summed E-state index contributed by atoms with van der Waals surface area (Å²) in [7, 11) is 2.22. The minimum Gasteiger partial charge on any atom is -0.375 e. The molecule has 0 N–H and O–H groups in total. The Kier molecular flexibility index (Phi) is 8.51. The van der Waals surface area contributed by atoms with Crippen molar-refractivity contribution in [3.8, 4) is 0 Å². The highest BCUT2D eigenvalue weighted by Crippen LogP contribution is 2.48. The number of fused-ring (bicyclic) bond motifs is 2. The summed E-state index contributed by atoms with van der Waals surface area (Å²) in [5.41, 5.74) is 11.8. The van der Waals surface area contributed by atoms with Crippen molar-refractivity contribution in [2.24, 2.45) is 22.2 Å². The largest absolute Gasteiger partial charge is 0.375 e. The Labute approximate surface area is 269 Å². The SMILES string of the molecule is C=Nc1cc(C(=C)N2CC[C@H]3CC32)cc(CC)c1N(C)Cc1cc2scc(CC3CN(C(=C)CC(C)(C)C)C3)c2n1CCC. The summed E-state index contributed by atoms with van der Waals surface area (Å²) in [6, 6.07) is 7.72. The Morgan fingerprint density at radius 1 is 1.11 bits per heavy atom. The minimum atomic E-state index is 0.289. The van der Waals surface area contributed by atoms with Gasteiger partial charge in [-0.1, -0.05) is 47.8 Å². The van der Waals surface area contributed by atoms with E-state index in [1.54, 1.807) is 0 Å². The van der Waals surface area contributed by atoms with E-state index in [1.807, 2.05) is 11.3 Å². The van der Waals surface area contributed by atoms with Gasteiger partial charge in [-0.25, -0.2) is 0 Å². The summed E-state index contributed by atoms with van der Waals surface area (Å²) in [6.45, 7) is 29.7. The van der Waals surface area contributed by atoms with Crippen molar-refractivity contribution in [1.82, 2.24) is 14.4 Å². The van der Waals surface area contributed by atoms with Crippen molar-refractivity contribution in [3.05, 3.63) is 64.8 Å². The Bertz CT molecular complexity index is 1560. The number of nitrogens with zero attached hydrogens (tertiary/aromatic N) is 5. The highest BCUT2D eigenvalue weighted by atomic mass is 32.1. The van der Waals surface area contributed by atoms with E-state index in [2.05, 4.69) is 109 Å². The minimum absolute atomic E-state index is 0.289. The third kappa shape index (κ3) is 5.99. The lowest BCUT2D eigenvalue weighted by atomic mass is 9.87. The molecule has 3 aliphatic rings. The van der Waals surface area contributed by atoms with E-state index < -0.39 is 0 Å². The summed E-state index contributed by atoms with van der Waals surface area (Å²) in [5.74, 6) is 1.59. The van der Waals surface area contributed by atoms with Crippen LogP contribution >= 0.6 is 11.3 Å². The van der Waals surface area contributed by atoms with Gasteiger partial charge in [-0.2, -0.15) is 0 Å². The lowest BCUT2D eigenvalue weighted by Crippen LogP contribution is -2.47. The third-order valence-electron chi connectivity index (χ3n) is 10.1. The highest BCUT2D eigenvalue weighted by Gasteiger charge is 2.47. The van der Waals surface area contributed by atoms with Crippen LogP contribution in [0.1, 0.15) is 82.7 Å². The number of likely N-dealkylation sites (tertiary alicyclic amines) is 2. The van der Waals surface area contributed by atoms with E-state index in [9.17, 15) is 0 Å². The van der Waals surface area contributed by atoms with Gasteiger partial charge in [0.1, 0.15) is 0 Å². The molecule has 44 heavy (non-hydrogen) atoms. The van der Waals surface area contributed by atoms with Crippen molar-refractivity contribution >= 4 is 45.3 Å². The number of benzene rings is 1. The van der Waals surface area contributed by atoms with Crippen LogP contribution in [0.5, 0.6) is 0 Å². The first-order valence-corrected chi connectivity index (χ1v) is 17.7. The van der Waals surface area contributed by atoms with E-state index in [-0.39, 0.29) is 5.41 Å². The van der Waals surface area contributed by atoms with Gasteiger partial charge in [-0.15, -0.1) is 11.3 Å². The standard InChI is InChI=1S/C38H53N5S/c1-10-13-43-32(19-35-37(43)31(24-44-35)15-27-21-41(22-27)25(3)20-38(5,6)7)23-40(9)36-28(11-2)16-30(17-33(36)39-8)26(4)42-14-12-29-18-34(29)42/h16-17,19,24,27,29,34H,3-4,8,10-15,18,20-23H2,1-2,5-7,9H3/t29-,34?/m0/s1. The maximum Gasteiger partial charge on any atom is 0.0865 e. The molecular formula is C38H53N5S. The number of anilines is 1. The number of aliphatic imine (C=N–C) groups is 1. The van der Waals surface area contributed by atoms with E-state index in [0.717, 1.165) is 75.7 Å². The molecule has 2 saturated heterocycles. The van der Waals surface area contributed by atoms with E-state index >= 15 is 0 Å². The summed E-state index contributed by atoms with van der Waals surface area (Å²) in [5, 5.41) is 2.42. The van der Waals surface area contributed by atoms with Crippen LogP contribution in [-0.2, 0) is 25.9 Å². The van der Waals surface area contributed by atoms with Gasteiger partial charge in [0.2, 0.25) is 0 Å². The normalized spacial score (nSPS) is 19.8. The molecule has 1 saturated carbocycles. The zero-order valence-corrected chi connectivity index (χ0v) is 28.9. The average molecular weight is 612 g/mol. The smallest absolute Gasteiger partial charge is 0.0865 e. The summed E-state index contributed by atoms with van der Waals surface area (Å²) in [4.78, 5) is 12.0. The highest BCUT2D eigenvalue weighted by molar-refractivity contribution is 7.17. The Balaban J connectivity index is 1.21. The van der Waals surface area contributed by atoms with Crippen molar-refractivity contribution in [2.45, 2.75) is 92.3 Å². The van der Waals surface area contributed by atoms with Gasteiger partial charge in [-0.05, 0) is 103 Å². The molecule has 5 nitrogen and oxygen atoms in total. The van der Waals surface area contributed by atoms with Gasteiger partial charge in [-0.3, -0.25) is 4.99 Å². The van der Waals surface area contributed by atoms with Crippen LogP contribution in [-0.4, -0.2) is 53.8 Å². The molecule has 2 aliphatic heterocycles. The monoisotopic (exact) mass is 611 g/mol. The fraction of sp³-hybridized carbons (Fsp3) is 0.553. The number of aryl methyl sites for hydroxylation is 2. The molecule has 0 bridgehead atoms. The van der Waals surface area contributed by atoms with Crippen LogP contribution in [0.2, 0.25) is 0 Å². The molecule has 6 heteroatoms. The topological polar surface area (TPSA) is 27.0 Å². The summed E-state index contributed by atoms with van der Waals surface area (Å²) < 4.78 is 4.02. The fourth-order valence-corrected chi connectivity index (χ4v) is 8.86. The fourth-order valence-electron chi connectivity index (χ4n) is 7.83. The number of allylic oxidation sites excluding steroid dienone is 1. The third-order valence-corrected chi connectivity index (χ3v) is 11.0. The molecule has 1 unspecified atom stereocenters. The molecule has 0 spiro atoms. The Morgan fingerprint density at radius 2 is 1.89 bits per heavy atom. The number of thiophene rings is 1. The van der Waals surface area contributed by atoms with Gasteiger partial charge in [0.25, 0.3) is 0 Å². The molecule has 1 aliphatic carbocycles. The van der Waals surface area contributed by atoms with Gasteiger partial charge in [0.15, 0.2) is 0 Å². The second-order valence-corrected chi connectivity index (χ2v) is 15.8. The number of piperidine rings is 1. The zero-order chi connectivity index (χ0) is 31.3. The number of rotatable bonds is 13. The van der Waals surface area contributed by atoms with Crippen molar-refractivity contribution in [1.29, 1.82) is 0 Å². The van der Waals surface area contributed by atoms with Crippen LogP contribution in [0.4, 0.5) is 11.4 Å². The second kappa shape index (κ2) is 12.1. The quantitative estimate of drug-likeness (QED) is 0.180. The van der Waals surface area contributed by atoms with E-state index in [1.165, 1.54) is 56.8 Å². The van der Waals surface area contributed by atoms with Crippen LogP contribution in [0.15, 0.2) is 47.4 Å². The van der Waals surface area contributed by atoms with Crippen molar-refractivity contribution < 1.29 is 0 Å². The molecule has 0 radical (unpaired) electrons. The van der Waals surface area contributed by atoms with E-state index in [4.69, 9.17) is 0 Å².